The molecule has 146 valence electrons. The van der Waals surface area contributed by atoms with Gasteiger partial charge >= 0.3 is 170 Å². The first-order valence-corrected chi connectivity index (χ1v) is 15.1. The van der Waals surface area contributed by atoms with Crippen LogP contribution in [0, 0.1) is 29.6 Å². The quantitative estimate of drug-likeness (QED) is 0.0631. The fraction of sp³-hybridized carbons (Fsp3) is 0.812. The Balaban J connectivity index is 1.31. The number of ether oxygens (including phenoxy) is 3. The number of carbonyl (C=O) groups excluding carboxylic acids is 3. The van der Waals surface area contributed by atoms with Crippen LogP contribution in [0.1, 0.15) is 13.3 Å². The number of hydrogen-bond donors (Lipinski definition) is 2. The topological polar surface area (TPSA) is 123 Å². The van der Waals surface area contributed by atoms with Gasteiger partial charge in [0.15, 0.2) is 0 Å². The number of hydrogen-bond acceptors (Lipinski definition) is 8. The fourth-order valence-electron chi connectivity index (χ4n) is 5.10. The van der Waals surface area contributed by atoms with E-state index in [4.69, 9.17) is 14.2 Å². The van der Waals surface area contributed by atoms with Gasteiger partial charge in [-0.15, -0.1) is 0 Å². The molecule has 7 unspecified atom stereocenters. The second-order valence-corrected chi connectivity index (χ2v) is 15.2. The molecule has 3 saturated heterocycles. The van der Waals surface area contributed by atoms with E-state index < -0.39 is 29.7 Å². The van der Waals surface area contributed by atoms with Gasteiger partial charge in [0.1, 0.15) is 0 Å². The van der Waals surface area contributed by atoms with Gasteiger partial charge in [-0.1, -0.05) is 0 Å². The van der Waals surface area contributed by atoms with Crippen LogP contribution in [0.25, 0.3) is 0 Å². The van der Waals surface area contributed by atoms with Gasteiger partial charge in [0.05, 0.1) is 0 Å². The molecule has 8 nitrogen and oxygen atoms in total. The normalized spacial score (nSPS) is 43.5. The first-order valence-electron chi connectivity index (χ1n) is 8.59. The molecule has 0 radical (unpaired) electrons. The minimum absolute atomic E-state index is 0.0103. The standard InChI is InChI=1S/C16H21I2N2O6/c1-15(17-2,16-18(19-16)20-16)14(23)25-5-8-6-4-7-10(9(6)12(21)24-3)13(22)26-11(7)8/h6-11,19-20H,4-5H2,1-3H3/q-1. The molecule has 2 N–H and O–H groups in total. The summed E-state index contributed by atoms with van der Waals surface area (Å²) >= 11 is -1.60. The molecule has 2 saturated carbocycles. The van der Waals surface area contributed by atoms with E-state index in [-0.39, 0.29) is 79.2 Å². The summed E-state index contributed by atoms with van der Waals surface area (Å²) in [6, 6.07) is 0. The molecule has 0 aromatic rings. The summed E-state index contributed by atoms with van der Waals surface area (Å²) in [5, 5.41) is 0. The molecule has 3 heterocycles. The van der Waals surface area contributed by atoms with Gasteiger partial charge in [-0.3, -0.25) is 0 Å². The Morgan fingerprint density at radius 3 is 2.69 bits per heavy atom. The molecular weight excluding hydrogens is 570 g/mol. The third-order valence-corrected chi connectivity index (χ3v) is 16.0. The Labute approximate surface area is 169 Å². The molecular formula is C16H21I2N2O6-. The van der Waals surface area contributed by atoms with Crippen LogP contribution in [0.15, 0.2) is 0 Å². The molecule has 5 aliphatic rings. The van der Waals surface area contributed by atoms with Crippen LogP contribution in [0.2, 0.25) is 0 Å². The van der Waals surface area contributed by atoms with Crippen LogP contribution in [0.4, 0.5) is 0 Å². The van der Waals surface area contributed by atoms with Crippen molar-refractivity contribution in [3.63, 3.8) is 0 Å². The number of nitrogens with one attached hydrogen (secondary N) is 2. The van der Waals surface area contributed by atoms with Gasteiger partial charge in [-0.2, -0.15) is 0 Å². The van der Waals surface area contributed by atoms with Crippen molar-refractivity contribution in [2.75, 3.05) is 18.6 Å². The molecule has 3 aliphatic heterocycles. The second kappa shape index (κ2) is 5.66. The zero-order valence-corrected chi connectivity index (χ0v) is 18.9. The van der Waals surface area contributed by atoms with Gasteiger partial charge < -0.3 is 0 Å². The summed E-state index contributed by atoms with van der Waals surface area (Å²) in [5.41, 5.74) is 0. The third kappa shape index (κ3) is 2.10. The van der Waals surface area contributed by atoms with Crippen molar-refractivity contribution in [3.05, 3.63) is 0 Å². The van der Waals surface area contributed by atoms with E-state index in [1.54, 1.807) is 0 Å². The Hall–Kier alpha value is -0.210. The summed E-state index contributed by atoms with van der Waals surface area (Å²) in [5.74, 6) is -1.72. The van der Waals surface area contributed by atoms with Crippen LogP contribution >= 0.6 is 20.4 Å². The molecule has 10 heteroatoms. The Bertz CT molecular complexity index is 713. The van der Waals surface area contributed by atoms with E-state index in [9.17, 15) is 14.4 Å². The van der Waals surface area contributed by atoms with E-state index in [1.807, 2.05) is 6.92 Å². The van der Waals surface area contributed by atoms with E-state index in [0.29, 0.717) is 0 Å². The Kier molecular flexibility index (Phi) is 3.89. The van der Waals surface area contributed by atoms with Crippen molar-refractivity contribution >= 4 is 38.3 Å². The molecule has 0 aromatic carbocycles. The number of methoxy groups -OCH3 is 1. The number of carbonyl (C=O) groups is 3. The van der Waals surface area contributed by atoms with E-state index in [1.165, 1.54) is 7.11 Å². The average molecular weight is 591 g/mol. The van der Waals surface area contributed by atoms with E-state index >= 15 is 0 Å². The van der Waals surface area contributed by atoms with Crippen LogP contribution in [0.3, 0.4) is 0 Å². The summed E-state index contributed by atoms with van der Waals surface area (Å²) in [6.45, 7) is 2.21. The van der Waals surface area contributed by atoms with Crippen molar-refractivity contribution in [3.8, 4) is 0 Å². The van der Waals surface area contributed by atoms with Gasteiger partial charge in [-0.05, 0) is 0 Å². The van der Waals surface area contributed by atoms with Gasteiger partial charge in [0.2, 0.25) is 0 Å². The number of halogens is 2. The van der Waals surface area contributed by atoms with Crippen molar-refractivity contribution in [1.82, 2.24) is 7.06 Å². The van der Waals surface area contributed by atoms with Crippen molar-refractivity contribution < 1.29 is 49.8 Å². The predicted octanol–water partition coefficient (Wildman–Crippen LogP) is -3.20. The van der Waals surface area contributed by atoms with Crippen molar-refractivity contribution in [2.45, 2.75) is 26.5 Å². The van der Waals surface area contributed by atoms with Crippen molar-refractivity contribution in [2.24, 2.45) is 29.6 Å². The second-order valence-electron chi connectivity index (χ2n) is 7.62. The van der Waals surface area contributed by atoms with Crippen molar-refractivity contribution in [1.29, 1.82) is 0 Å². The molecule has 0 aromatic heterocycles. The first kappa shape index (κ1) is 17.9. The van der Waals surface area contributed by atoms with E-state index in [0.717, 1.165) is 6.42 Å². The van der Waals surface area contributed by atoms with E-state index in [2.05, 4.69) is 12.0 Å². The molecule has 2 aliphatic carbocycles. The van der Waals surface area contributed by atoms with Crippen LogP contribution < -0.4 is 28.3 Å². The third-order valence-electron chi connectivity index (χ3n) is 6.72. The van der Waals surface area contributed by atoms with Gasteiger partial charge in [-0.25, -0.2) is 0 Å². The molecule has 0 amide bonds. The molecule has 7 atom stereocenters. The number of esters is 3. The van der Waals surface area contributed by atoms with Crippen LogP contribution in [0.5, 0.6) is 0 Å². The zero-order chi connectivity index (χ0) is 18.4. The number of alkyl halides is 3. The van der Waals surface area contributed by atoms with Gasteiger partial charge in [0, 0.05) is 0 Å². The number of rotatable bonds is 6. The monoisotopic (exact) mass is 591 g/mol. The molecule has 5 fully saturated rings. The van der Waals surface area contributed by atoms with Crippen LogP contribution in [-0.2, 0) is 28.6 Å². The maximum absolute atomic E-state index is 12.9. The summed E-state index contributed by atoms with van der Waals surface area (Å²) in [7, 11) is 1.35. The molecule has 26 heavy (non-hydrogen) atoms. The maximum atomic E-state index is 12.9. The summed E-state index contributed by atoms with van der Waals surface area (Å²) in [6.07, 6.45) is 0.539. The zero-order valence-electron chi connectivity index (χ0n) is 14.6. The average Bonchev–Trinajstić information content (AvgIpc) is 3.39. The van der Waals surface area contributed by atoms with Crippen LogP contribution in [-0.4, -0.2) is 49.8 Å². The fourth-order valence-corrected chi connectivity index (χ4v) is 15.4. The number of fused-ring (bicyclic) bond motifs is 2. The van der Waals surface area contributed by atoms with Gasteiger partial charge in [0.25, 0.3) is 0 Å². The molecule has 5 rings (SSSR count). The first-order chi connectivity index (χ1) is 12.4. The summed E-state index contributed by atoms with van der Waals surface area (Å²) < 4.78 is 22.6. The SMILES string of the molecule is COC(=O)C1C2CC3C(OC(=O)C31)C2COC(=O)C(C)([I-]C)C12NI1N2. The Morgan fingerprint density at radius 2 is 2.12 bits per heavy atom. The minimum atomic E-state index is -1.24. The summed E-state index contributed by atoms with van der Waals surface area (Å²) in [4.78, 5) is 39.4. The predicted molar refractivity (Wildman–Crippen MR) is 92.3 cm³/mol. The molecule has 2 bridgehead atoms. The Morgan fingerprint density at radius 1 is 1.42 bits per heavy atom. The molecule has 0 spiro atoms.